The summed E-state index contributed by atoms with van der Waals surface area (Å²) in [5.74, 6) is -0.429. The lowest BCUT2D eigenvalue weighted by atomic mass is 10.1. The molecule has 1 aromatic rings. The van der Waals surface area contributed by atoms with Gasteiger partial charge < -0.3 is 10.2 Å². The molecule has 1 atom stereocenters. The predicted molar refractivity (Wildman–Crippen MR) is 77.7 cm³/mol. The number of hydrogen-bond acceptors (Lipinski definition) is 4. The molecule has 1 heterocycles. The molecule has 2 amide bonds. The fraction of sp³-hybridized carbons (Fsp3) is 0.429. The van der Waals surface area contributed by atoms with Gasteiger partial charge in [0.2, 0.25) is 5.91 Å². The molecule has 0 bridgehead atoms. The van der Waals surface area contributed by atoms with Crippen molar-refractivity contribution in [1.29, 1.82) is 0 Å². The fourth-order valence-corrected chi connectivity index (χ4v) is 3.08. The third-order valence-electron chi connectivity index (χ3n) is 3.60. The number of sulfone groups is 1. The summed E-state index contributed by atoms with van der Waals surface area (Å²) in [5.41, 5.74) is 0.381. The van der Waals surface area contributed by atoms with Gasteiger partial charge in [-0.25, -0.2) is 8.42 Å². The zero-order valence-electron chi connectivity index (χ0n) is 12.0. The monoisotopic (exact) mass is 310 g/mol. The van der Waals surface area contributed by atoms with Crippen molar-refractivity contribution in [2.75, 3.05) is 18.8 Å². The second kappa shape index (κ2) is 5.85. The van der Waals surface area contributed by atoms with E-state index in [4.69, 9.17) is 0 Å². The van der Waals surface area contributed by atoms with Gasteiger partial charge in [-0.05, 0) is 31.2 Å². The molecule has 1 aromatic carbocycles. The average molecular weight is 310 g/mol. The van der Waals surface area contributed by atoms with E-state index in [9.17, 15) is 18.0 Å². The van der Waals surface area contributed by atoms with Crippen LogP contribution in [-0.2, 0) is 14.6 Å². The van der Waals surface area contributed by atoms with E-state index in [1.165, 1.54) is 29.2 Å². The van der Waals surface area contributed by atoms with Crippen LogP contribution in [-0.4, -0.2) is 50.0 Å². The summed E-state index contributed by atoms with van der Waals surface area (Å²) in [6, 6.07) is 5.32. The van der Waals surface area contributed by atoms with Crippen LogP contribution >= 0.6 is 0 Å². The first kappa shape index (κ1) is 15.5. The summed E-state index contributed by atoms with van der Waals surface area (Å²) >= 11 is 0. The minimum atomic E-state index is -3.27. The van der Waals surface area contributed by atoms with Crippen LogP contribution in [0.5, 0.6) is 0 Å². The van der Waals surface area contributed by atoms with Crippen molar-refractivity contribution < 1.29 is 18.0 Å². The lowest BCUT2D eigenvalue weighted by molar-refractivity contribution is -0.127. The highest BCUT2D eigenvalue weighted by atomic mass is 32.2. The number of benzene rings is 1. The summed E-state index contributed by atoms with van der Waals surface area (Å²) in [7, 11) is -3.27. The molecule has 0 saturated carbocycles. The zero-order chi connectivity index (χ0) is 15.6. The summed E-state index contributed by atoms with van der Waals surface area (Å²) in [4.78, 5) is 25.7. The van der Waals surface area contributed by atoms with Crippen molar-refractivity contribution in [3.8, 4) is 0 Å². The Labute approximate surface area is 124 Å². The molecular weight excluding hydrogens is 292 g/mol. The van der Waals surface area contributed by atoms with Crippen LogP contribution in [0.2, 0.25) is 0 Å². The summed E-state index contributed by atoms with van der Waals surface area (Å²) in [6.07, 6.45) is 0. The molecule has 1 aliphatic heterocycles. The van der Waals surface area contributed by atoms with Crippen LogP contribution < -0.4 is 5.32 Å². The Morgan fingerprint density at radius 2 is 1.95 bits per heavy atom. The second-order valence-electron chi connectivity index (χ2n) is 4.89. The molecular formula is C14H18N2O4S. The van der Waals surface area contributed by atoms with Crippen molar-refractivity contribution in [3.63, 3.8) is 0 Å². The van der Waals surface area contributed by atoms with Crippen LogP contribution in [0.4, 0.5) is 0 Å². The molecule has 21 heavy (non-hydrogen) atoms. The predicted octanol–water partition coefficient (Wildman–Crippen LogP) is 0.441. The highest BCUT2D eigenvalue weighted by Crippen LogP contribution is 2.15. The Hall–Kier alpha value is -1.89. The van der Waals surface area contributed by atoms with E-state index in [1.54, 1.807) is 13.8 Å². The Morgan fingerprint density at radius 1 is 1.33 bits per heavy atom. The smallest absolute Gasteiger partial charge is 0.254 e. The second-order valence-corrected chi connectivity index (χ2v) is 7.17. The maximum atomic E-state index is 12.4. The van der Waals surface area contributed by atoms with E-state index in [2.05, 4.69) is 5.32 Å². The van der Waals surface area contributed by atoms with Gasteiger partial charge in [-0.15, -0.1) is 0 Å². The molecule has 0 radical (unpaired) electrons. The standard InChI is InChI=1S/C14H18N2O4S/c1-3-21(19,20)12-6-4-11(5-7-12)14(18)16-9-8-15-13(17)10(16)2/h4-7,10H,3,8-9H2,1-2H3,(H,15,17)/t10-/m0/s1. The third-order valence-corrected chi connectivity index (χ3v) is 5.35. The Kier molecular flexibility index (Phi) is 4.32. The first-order valence-electron chi connectivity index (χ1n) is 6.78. The van der Waals surface area contributed by atoms with E-state index in [-0.39, 0.29) is 22.5 Å². The first-order valence-corrected chi connectivity index (χ1v) is 8.43. The quantitative estimate of drug-likeness (QED) is 0.878. The van der Waals surface area contributed by atoms with Crippen LogP contribution in [0.25, 0.3) is 0 Å². The average Bonchev–Trinajstić information content (AvgIpc) is 2.49. The Balaban J connectivity index is 2.22. The molecule has 114 valence electrons. The number of piperazine rings is 1. The van der Waals surface area contributed by atoms with Gasteiger partial charge in [0.25, 0.3) is 5.91 Å². The molecule has 0 unspecified atom stereocenters. The lowest BCUT2D eigenvalue weighted by Crippen LogP contribution is -2.55. The molecule has 2 rings (SSSR count). The van der Waals surface area contributed by atoms with E-state index in [0.717, 1.165) is 0 Å². The summed E-state index contributed by atoms with van der Waals surface area (Å²) < 4.78 is 23.5. The van der Waals surface area contributed by atoms with E-state index < -0.39 is 15.9 Å². The number of hydrogen-bond donors (Lipinski definition) is 1. The van der Waals surface area contributed by atoms with Crippen LogP contribution in [0.15, 0.2) is 29.2 Å². The Bertz CT molecular complexity index is 652. The Morgan fingerprint density at radius 3 is 2.52 bits per heavy atom. The number of rotatable bonds is 3. The summed E-state index contributed by atoms with van der Waals surface area (Å²) in [6.45, 7) is 4.11. The largest absolute Gasteiger partial charge is 0.353 e. The number of nitrogens with one attached hydrogen (secondary N) is 1. The van der Waals surface area contributed by atoms with Crippen LogP contribution in [0.1, 0.15) is 24.2 Å². The maximum absolute atomic E-state index is 12.4. The van der Waals surface area contributed by atoms with Crippen molar-refractivity contribution in [3.05, 3.63) is 29.8 Å². The normalized spacial score (nSPS) is 19.2. The lowest BCUT2D eigenvalue weighted by Gasteiger charge is -2.32. The van der Waals surface area contributed by atoms with Gasteiger partial charge >= 0.3 is 0 Å². The fourth-order valence-electron chi connectivity index (χ4n) is 2.20. The third kappa shape index (κ3) is 3.07. The molecule has 1 fully saturated rings. The topological polar surface area (TPSA) is 83.6 Å². The zero-order valence-corrected chi connectivity index (χ0v) is 12.8. The van der Waals surface area contributed by atoms with Gasteiger partial charge in [-0.1, -0.05) is 6.92 Å². The van der Waals surface area contributed by atoms with Gasteiger partial charge in [0.1, 0.15) is 6.04 Å². The minimum Gasteiger partial charge on any atom is -0.353 e. The van der Waals surface area contributed by atoms with Gasteiger partial charge in [-0.3, -0.25) is 9.59 Å². The molecule has 0 spiro atoms. The molecule has 1 aliphatic rings. The SMILES string of the molecule is CCS(=O)(=O)c1ccc(C(=O)N2CCNC(=O)[C@@H]2C)cc1. The van der Waals surface area contributed by atoms with E-state index in [1.807, 2.05) is 0 Å². The van der Waals surface area contributed by atoms with Crippen molar-refractivity contribution in [2.24, 2.45) is 0 Å². The molecule has 0 aliphatic carbocycles. The van der Waals surface area contributed by atoms with Crippen molar-refractivity contribution in [2.45, 2.75) is 24.8 Å². The van der Waals surface area contributed by atoms with E-state index >= 15 is 0 Å². The molecule has 6 nitrogen and oxygen atoms in total. The van der Waals surface area contributed by atoms with Crippen LogP contribution in [0, 0.1) is 0 Å². The van der Waals surface area contributed by atoms with Crippen molar-refractivity contribution in [1.82, 2.24) is 10.2 Å². The number of carbonyl (C=O) groups excluding carboxylic acids is 2. The highest BCUT2D eigenvalue weighted by Gasteiger charge is 2.29. The van der Waals surface area contributed by atoms with Crippen LogP contribution in [0.3, 0.4) is 0 Å². The molecule has 1 saturated heterocycles. The van der Waals surface area contributed by atoms with Gasteiger partial charge in [0.15, 0.2) is 9.84 Å². The molecule has 1 N–H and O–H groups in total. The summed E-state index contributed by atoms with van der Waals surface area (Å²) in [5, 5.41) is 2.69. The van der Waals surface area contributed by atoms with E-state index in [0.29, 0.717) is 18.7 Å². The number of carbonyl (C=O) groups is 2. The van der Waals surface area contributed by atoms with Gasteiger partial charge in [0, 0.05) is 18.7 Å². The van der Waals surface area contributed by atoms with Gasteiger partial charge in [-0.2, -0.15) is 0 Å². The number of nitrogens with zero attached hydrogens (tertiary/aromatic N) is 1. The molecule has 0 aromatic heterocycles. The highest BCUT2D eigenvalue weighted by molar-refractivity contribution is 7.91. The molecule has 7 heteroatoms. The maximum Gasteiger partial charge on any atom is 0.254 e. The minimum absolute atomic E-state index is 0.0175. The van der Waals surface area contributed by atoms with Gasteiger partial charge in [0.05, 0.1) is 10.6 Å². The van der Waals surface area contributed by atoms with Crippen molar-refractivity contribution >= 4 is 21.7 Å². The number of amides is 2. The first-order chi connectivity index (χ1) is 9.86.